The molecule has 1 aromatic heterocycles. The van der Waals surface area contributed by atoms with Crippen molar-refractivity contribution in [2.75, 3.05) is 7.11 Å². The van der Waals surface area contributed by atoms with Crippen molar-refractivity contribution in [1.82, 2.24) is 0 Å². The zero-order valence-corrected chi connectivity index (χ0v) is 21.7. The molecule has 4 aromatic rings. The van der Waals surface area contributed by atoms with Crippen LogP contribution in [0.3, 0.4) is 0 Å². The van der Waals surface area contributed by atoms with Crippen LogP contribution in [-0.4, -0.2) is 29.6 Å². The molecule has 0 aliphatic rings. The van der Waals surface area contributed by atoms with E-state index in [9.17, 15) is 27.9 Å². The standard InChI is InChI=1S/C30H25F3O7/c1-29(2,28(35)36)40-25-16-22(37-3)13-14-23(25)26(34)19-9-11-21(12-10-19)38-17-20-15-24(18-7-5-4-6-8-18)39-27(20)30(31,32)33/h4-16H,17H2,1-3H3,(H,35,36). The molecule has 0 aliphatic carbocycles. The highest BCUT2D eigenvalue weighted by Gasteiger charge is 2.38. The van der Waals surface area contributed by atoms with Crippen molar-refractivity contribution in [3.05, 3.63) is 101 Å². The second-order valence-electron chi connectivity index (χ2n) is 9.25. The summed E-state index contributed by atoms with van der Waals surface area (Å²) in [5.41, 5.74) is -0.975. The van der Waals surface area contributed by atoms with Crippen LogP contribution in [0.5, 0.6) is 17.2 Å². The molecule has 0 amide bonds. The molecular weight excluding hydrogens is 529 g/mol. The first kappa shape index (κ1) is 28.3. The summed E-state index contributed by atoms with van der Waals surface area (Å²) in [6.45, 7) is 2.28. The van der Waals surface area contributed by atoms with E-state index in [2.05, 4.69) is 0 Å². The van der Waals surface area contributed by atoms with E-state index in [1.807, 2.05) is 0 Å². The Morgan fingerprint density at radius 1 is 0.900 bits per heavy atom. The number of hydrogen-bond acceptors (Lipinski definition) is 6. The molecule has 0 spiro atoms. The SMILES string of the molecule is COc1ccc(C(=O)c2ccc(OCc3cc(-c4ccccc4)oc3C(F)(F)F)cc2)c(OC(C)(C)C(=O)O)c1. The van der Waals surface area contributed by atoms with Crippen molar-refractivity contribution in [3.63, 3.8) is 0 Å². The van der Waals surface area contributed by atoms with Crippen molar-refractivity contribution >= 4 is 11.8 Å². The summed E-state index contributed by atoms with van der Waals surface area (Å²) in [6.07, 6.45) is -4.71. The molecule has 0 fully saturated rings. The Balaban J connectivity index is 1.54. The lowest BCUT2D eigenvalue weighted by Crippen LogP contribution is -2.38. The van der Waals surface area contributed by atoms with Gasteiger partial charge in [0.05, 0.1) is 12.7 Å². The van der Waals surface area contributed by atoms with E-state index in [0.717, 1.165) is 0 Å². The number of ether oxygens (including phenoxy) is 3. The monoisotopic (exact) mass is 554 g/mol. The number of carboxylic acids is 1. The zero-order chi connectivity index (χ0) is 29.1. The van der Waals surface area contributed by atoms with Crippen LogP contribution in [0, 0.1) is 0 Å². The van der Waals surface area contributed by atoms with Gasteiger partial charge in [-0.1, -0.05) is 30.3 Å². The first-order valence-corrected chi connectivity index (χ1v) is 12.0. The predicted molar refractivity (Wildman–Crippen MR) is 139 cm³/mol. The number of alkyl halides is 3. The molecule has 10 heteroatoms. The van der Waals surface area contributed by atoms with Gasteiger partial charge in [-0.2, -0.15) is 13.2 Å². The smallest absolute Gasteiger partial charge is 0.449 e. The van der Waals surface area contributed by atoms with Gasteiger partial charge in [0.25, 0.3) is 0 Å². The Hall–Kier alpha value is -4.73. The lowest BCUT2D eigenvalue weighted by molar-refractivity contribution is -0.154. The highest BCUT2D eigenvalue weighted by Crippen LogP contribution is 2.38. The van der Waals surface area contributed by atoms with Gasteiger partial charge in [0.2, 0.25) is 5.76 Å². The van der Waals surface area contributed by atoms with Crippen LogP contribution in [-0.2, 0) is 17.6 Å². The van der Waals surface area contributed by atoms with Gasteiger partial charge in [0, 0.05) is 22.8 Å². The van der Waals surface area contributed by atoms with Crippen LogP contribution in [0.2, 0.25) is 0 Å². The molecule has 0 bridgehead atoms. The average molecular weight is 555 g/mol. The molecule has 7 nitrogen and oxygen atoms in total. The summed E-state index contributed by atoms with van der Waals surface area (Å²) < 4.78 is 62.3. The number of carbonyl (C=O) groups is 2. The quantitative estimate of drug-likeness (QED) is 0.210. The van der Waals surface area contributed by atoms with Gasteiger partial charge in [-0.3, -0.25) is 4.79 Å². The number of halogens is 3. The zero-order valence-electron chi connectivity index (χ0n) is 21.7. The minimum atomic E-state index is -4.71. The molecule has 4 rings (SSSR count). The van der Waals surface area contributed by atoms with E-state index < -0.39 is 35.9 Å². The third kappa shape index (κ3) is 6.28. The number of carbonyl (C=O) groups excluding carboxylic acids is 1. The first-order chi connectivity index (χ1) is 18.9. The summed E-state index contributed by atoms with van der Waals surface area (Å²) in [5, 5.41) is 9.44. The van der Waals surface area contributed by atoms with Crippen LogP contribution in [0.25, 0.3) is 11.3 Å². The summed E-state index contributed by atoms with van der Waals surface area (Å²) in [5.74, 6) is -2.16. The van der Waals surface area contributed by atoms with Gasteiger partial charge in [-0.15, -0.1) is 0 Å². The molecule has 0 saturated heterocycles. The van der Waals surface area contributed by atoms with Crippen LogP contribution < -0.4 is 14.2 Å². The second-order valence-corrected chi connectivity index (χ2v) is 9.25. The fourth-order valence-corrected chi connectivity index (χ4v) is 3.76. The maximum absolute atomic E-state index is 13.6. The Bertz CT molecular complexity index is 1500. The van der Waals surface area contributed by atoms with Gasteiger partial charge in [-0.25, -0.2) is 4.79 Å². The lowest BCUT2D eigenvalue weighted by atomic mass is 10.0. The number of aliphatic carboxylic acids is 1. The van der Waals surface area contributed by atoms with Crippen LogP contribution in [0.1, 0.15) is 41.1 Å². The maximum Gasteiger partial charge on any atom is 0.449 e. The molecule has 0 radical (unpaired) electrons. The fraction of sp³-hybridized carbons (Fsp3) is 0.200. The van der Waals surface area contributed by atoms with Gasteiger partial charge in [0.15, 0.2) is 11.4 Å². The van der Waals surface area contributed by atoms with E-state index in [0.29, 0.717) is 11.3 Å². The summed E-state index contributed by atoms with van der Waals surface area (Å²) in [4.78, 5) is 24.8. The fourth-order valence-electron chi connectivity index (χ4n) is 3.76. The summed E-state index contributed by atoms with van der Waals surface area (Å²) >= 11 is 0. The Kier molecular flexibility index (Phi) is 7.90. The number of furan rings is 1. The first-order valence-electron chi connectivity index (χ1n) is 12.0. The molecule has 40 heavy (non-hydrogen) atoms. The summed E-state index contributed by atoms with van der Waals surface area (Å²) in [7, 11) is 1.42. The normalized spacial score (nSPS) is 11.7. The minimum absolute atomic E-state index is 0.0194. The Morgan fingerprint density at radius 3 is 2.15 bits per heavy atom. The second kappa shape index (κ2) is 11.2. The minimum Gasteiger partial charge on any atom is -0.497 e. The number of benzene rings is 3. The number of methoxy groups -OCH3 is 1. The van der Waals surface area contributed by atoms with Crippen molar-refractivity contribution in [2.24, 2.45) is 0 Å². The topological polar surface area (TPSA) is 95.2 Å². The average Bonchev–Trinajstić information content (AvgIpc) is 3.37. The van der Waals surface area contributed by atoms with Gasteiger partial charge in [-0.05, 0) is 56.3 Å². The number of hydrogen-bond donors (Lipinski definition) is 1. The van der Waals surface area contributed by atoms with E-state index in [4.69, 9.17) is 18.6 Å². The third-order valence-corrected chi connectivity index (χ3v) is 5.95. The van der Waals surface area contributed by atoms with Crippen molar-refractivity contribution in [3.8, 4) is 28.6 Å². The molecule has 0 saturated carbocycles. The Labute approximate surface area is 227 Å². The van der Waals surface area contributed by atoms with Crippen LogP contribution in [0.15, 0.2) is 83.3 Å². The predicted octanol–water partition coefficient (Wildman–Crippen LogP) is 7.03. The molecule has 0 unspecified atom stereocenters. The number of rotatable bonds is 10. The van der Waals surface area contributed by atoms with Gasteiger partial charge >= 0.3 is 12.1 Å². The summed E-state index contributed by atoms with van der Waals surface area (Å²) in [6, 6.07) is 19.9. The van der Waals surface area contributed by atoms with Crippen LogP contribution in [0.4, 0.5) is 13.2 Å². The van der Waals surface area contributed by atoms with Crippen molar-refractivity contribution < 1.29 is 46.5 Å². The number of carboxylic acid groups (broad SMARTS) is 1. The molecule has 0 aliphatic heterocycles. The Morgan fingerprint density at radius 2 is 1.55 bits per heavy atom. The van der Waals surface area contributed by atoms with E-state index in [-0.39, 0.29) is 33.9 Å². The maximum atomic E-state index is 13.6. The highest BCUT2D eigenvalue weighted by molar-refractivity contribution is 6.11. The molecule has 1 heterocycles. The third-order valence-electron chi connectivity index (χ3n) is 5.95. The largest absolute Gasteiger partial charge is 0.497 e. The van der Waals surface area contributed by atoms with Crippen LogP contribution >= 0.6 is 0 Å². The molecule has 1 N–H and O–H groups in total. The highest BCUT2D eigenvalue weighted by atomic mass is 19.4. The van der Waals surface area contributed by atoms with Gasteiger partial charge in [0.1, 0.15) is 29.6 Å². The number of ketones is 1. The van der Waals surface area contributed by atoms with Crippen molar-refractivity contribution in [2.45, 2.75) is 32.2 Å². The van der Waals surface area contributed by atoms with E-state index in [1.54, 1.807) is 30.3 Å². The van der Waals surface area contributed by atoms with E-state index in [1.165, 1.54) is 69.5 Å². The molecule has 0 atom stereocenters. The van der Waals surface area contributed by atoms with E-state index >= 15 is 0 Å². The molecule has 208 valence electrons. The lowest BCUT2D eigenvalue weighted by Gasteiger charge is -2.23. The molecular formula is C30H25F3O7. The van der Waals surface area contributed by atoms with Crippen molar-refractivity contribution in [1.29, 1.82) is 0 Å². The van der Waals surface area contributed by atoms with Gasteiger partial charge < -0.3 is 23.7 Å². The molecule has 3 aromatic carbocycles.